The largest absolute Gasteiger partial charge is 0.371 e. The molecule has 25 heavy (non-hydrogen) atoms. The predicted octanol–water partition coefficient (Wildman–Crippen LogP) is 1.15. The van der Waals surface area contributed by atoms with Gasteiger partial charge in [-0.1, -0.05) is 0 Å². The second-order valence-electron chi connectivity index (χ2n) is 7.83. The minimum atomic E-state index is -0.0191. The summed E-state index contributed by atoms with van der Waals surface area (Å²) in [4.78, 5) is 26.7. The first-order valence-corrected chi connectivity index (χ1v) is 9.21. The first-order chi connectivity index (χ1) is 12.0. The molecule has 4 heterocycles. The molecule has 1 spiro atoms. The molecular weight excluding hydrogens is 318 g/mol. The Morgan fingerprint density at radius 2 is 2.20 bits per heavy atom. The number of anilines is 2. The van der Waals surface area contributed by atoms with Crippen LogP contribution in [0.4, 0.5) is 11.6 Å². The van der Waals surface area contributed by atoms with Gasteiger partial charge in [0.05, 0.1) is 19.7 Å². The van der Waals surface area contributed by atoms with Crippen molar-refractivity contribution >= 4 is 17.5 Å². The summed E-state index contributed by atoms with van der Waals surface area (Å²) in [6.07, 6.45) is 5.58. The van der Waals surface area contributed by atoms with E-state index < -0.39 is 0 Å². The number of aromatic nitrogens is 2. The molecule has 7 heteroatoms. The van der Waals surface area contributed by atoms with Gasteiger partial charge in [0.15, 0.2) is 0 Å². The summed E-state index contributed by atoms with van der Waals surface area (Å²) < 4.78 is 6.26. The van der Waals surface area contributed by atoms with Gasteiger partial charge in [-0.3, -0.25) is 4.79 Å². The van der Waals surface area contributed by atoms with Crippen LogP contribution >= 0.6 is 0 Å². The van der Waals surface area contributed by atoms with Gasteiger partial charge in [0.25, 0.3) is 0 Å². The molecule has 4 rings (SSSR count). The summed E-state index contributed by atoms with van der Waals surface area (Å²) in [7, 11) is 3.97. The summed E-state index contributed by atoms with van der Waals surface area (Å²) in [5.74, 6) is 2.69. The molecule has 1 atom stereocenters. The molecule has 0 aromatic carbocycles. The van der Waals surface area contributed by atoms with Gasteiger partial charge in [0, 0.05) is 45.6 Å². The number of amides is 1. The average Bonchev–Trinajstić information content (AvgIpc) is 2.99. The molecular formula is C18H27N5O2. The highest BCUT2D eigenvalue weighted by molar-refractivity contribution is 5.78. The van der Waals surface area contributed by atoms with Crippen LogP contribution in [0, 0.1) is 5.92 Å². The number of hydrogen-bond acceptors (Lipinski definition) is 6. The van der Waals surface area contributed by atoms with E-state index >= 15 is 0 Å². The van der Waals surface area contributed by atoms with Gasteiger partial charge >= 0.3 is 0 Å². The molecule has 1 aromatic rings. The van der Waals surface area contributed by atoms with E-state index in [0.29, 0.717) is 11.8 Å². The van der Waals surface area contributed by atoms with Crippen LogP contribution in [0.5, 0.6) is 0 Å². The van der Waals surface area contributed by atoms with E-state index in [2.05, 4.69) is 14.9 Å². The van der Waals surface area contributed by atoms with Crippen molar-refractivity contribution in [3.63, 3.8) is 0 Å². The zero-order valence-electron chi connectivity index (χ0n) is 15.1. The van der Waals surface area contributed by atoms with E-state index in [9.17, 15) is 4.79 Å². The second kappa shape index (κ2) is 6.44. The molecule has 3 aliphatic heterocycles. The van der Waals surface area contributed by atoms with Gasteiger partial charge in [-0.2, -0.15) is 0 Å². The maximum absolute atomic E-state index is 11.8. The zero-order valence-corrected chi connectivity index (χ0v) is 15.1. The Hall–Kier alpha value is -1.89. The van der Waals surface area contributed by atoms with Crippen LogP contribution < -0.4 is 9.80 Å². The van der Waals surface area contributed by atoms with Crippen LogP contribution in [0.1, 0.15) is 25.7 Å². The SMILES string of the molecule is CN(C)c1cc(N2CC3(CCC(CN4CCCC4=O)CO3)C2)ncn1. The lowest BCUT2D eigenvalue weighted by atomic mass is 9.83. The number of likely N-dealkylation sites (tertiary alicyclic amines) is 1. The minimum absolute atomic E-state index is 0.0191. The lowest BCUT2D eigenvalue weighted by molar-refractivity contribution is -0.134. The summed E-state index contributed by atoms with van der Waals surface area (Å²) in [5, 5.41) is 0. The molecule has 7 nitrogen and oxygen atoms in total. The van der Waals surface area contributed by atoms with Crippen molar-refractivity contribution in [2.45, 2.75) is 31.3 Å². The Morgan fingerprint density at radius 3 is 2.84 bits per heavy atom. The highest BCUT2D eigenvalue weighted by Gasteiger charge is 2.47. The molecule has 0 aliphatic carbocycles. The van der Waals surface area contributed by atoms with E-state index in [1.807, 2.05) is 30.0 Å². The van der Waals surface area contributed by atoms with Gasteiger partial charge < -0.3 is 19.4 Å². The van der Waals surface area contributed by atoms with Crippen LogP contribution in [0.15, 0.2) is 12.4 Å². The topological polar surface area (TPSA) is 61.8 Å². The van der Waals surface area contributed by atoms with Crippen molar-refractivity contribution in [2.75, 3.05) is 56.7 Å². The molecule has 3 fully saturated rings. The van der Waals surface area contributed by atoms with E-state index in [1.165, 1.54) is 0 Å². The summed E-state index contributed by atoms with van der Waals surface area (Å²) in [6.45, 7) is 4.36. The van der Waals surface area contributed by atoms with Gasteiger partial charge in [0.2, 0.25) is 5.91 Å². The number of ether oxygens (including phenoxy) is 1. The lowest BCUT2D eigenvalue weighted by Gasteiger charge is -2.53. The fraction of sp³-hybridized carbons (Fsp3) is 0.722. The molecule has 1 aromatic heterocycles. The molecule has 0 saturated carbocycles. The van der Waals surface area contributed by atoms with Gasteiger partial charge in [-0.15, -0.1) is 0 Å². The van der Waals surface area contributed by atoms with Crippen molar-refractivity contribution in [3.8, 4) is 0 Å². The molecule has 0 bridgehead atoms. The van der Waals surface area contributed by atoms with Gasteiger partial charge in [-0.25, -0.2) is 9.97 Å². The van der Waals surface area contributed by atoms with Crippen molar-refractivity contribution in [2.24, 2.45) is 5.92 Å². The molecule has 0 radical (unpaired) electrons. The Kier molecular flexibility index (Phi) is 4.27. The number of nitrogens with zero attached hydrogens (tertiary/aromatic N) is 5. The lowest BCUT2D eigenvalue weighted by Crippen LogP contribution is -2.65. The average molecular weight is 345 g/mol. The minimum Gasteiger partial charge on any atom is -0.371 e. The second-order valence-corrected chi connectivity index (χ2v) is 7.83. The fourth-order valence-corrected chi connectivity index (χ4v) is 4.09. The normalized spacial score (nSPS) is 25.4. The maximum Gasteiger partial charge on any atom is 0.222 e. The number of hydrogen-bond donors (Lipinski definition) is 0. The predicted molar refractivity (Wildman–Crippen MR) is 95.8 cm³/mol. The van der Waals surface area contributed by atoms with Crippen LogP contribution in [0.3, 0.4) is 0 Å². The third-order valence-electron chi connectivity index (χ3n) is 5.66. The highest BCUT2D eigenvalue weighted by Crippen LogP contribution is 2.38. The van der Waals surface area contributed by atoms with E-state index in [-0.39, 0.29) is 5.60 Å². The van der Waals surface area contributed by atoms with Crippen molar-refractivity contribution in [1.82, 2.24) is 14.9 Å². The Labute approximate surface area is 149 Å². The van der Waals surface area contributed by atoms with Crippen LogP contribution in [0.25, 0.3) is 0 Å². The third-order valence-corrected chi connectivity index (χ3v) is 5.66. The molecule has 3 saturated heterocycles. The van der Waals surface area contributed by atoms with Crippen molar-refractivity contribution < 1.29 is 9.53 Å². The highest BCUT2D eigenvalue weighted by atomic mass is 16.5. The Balaban J connectivity index is 1.29. The summed E-state index contributed by atoms with van der Waals surface area (Å²) in [6, 6.07) is 2.03. The van der Waals surface area contributed by atoms with Crippen LogP contribution in [-0.4, -0.2) is 73.3 Å². The monoisotopic (exact) mass is 345 g/mol. The van der Waals surface area contributed by atoms with Crippen LogP contribution in [-0.2, 0) is 9.53 Å². The van der Waals surface area contributed by atoms with Crippen LogP contribution in [0.2, 0.25) is 0 Å². The molecule has 0 N–H and O–H groups in total. The number of carbonyl (C=O) groups is 1. The Bertz CT molecular complexity index is 634. The molecule has 136 valence electrons. The first kappa shape index (κ1) is 16.6. The fourth-order valence-electron chi connectivity index (χ4n) is 4.09. The number of rotatable bonds is 4. The van der Waals surface area contributed by atoms with Gasteiger partial charge in [-0.05, 0) is 19.3 Å². The molecule has 3 aliphatic rings. The third kappa shape index (κ3) is 3.29. The van der Waals surface area contributed by atoms with E-state index in [0.717, 1.165) is 70.1 Å². The first-order valence-electron chi connectivity index (χ1n) is 9.21. The quantitative estimate of drug-likeness (QED) is 0.816. The Morgan fingerprint density at radius 1 is 1.36 bits per heavy atom. The summed E-state index contributed by atoms with van der Waals surface area (Å²) >= 11 is 0. The summed E-state index contributed by atoms with van der Waals surface area (Å²) in [5.41, 5.74) is -0.0191. The van der Waals surface area contributed by atoms with Crippen molar-refractivity contribution in [1.29, 1.82) is 0 Å². The van der Waals surface area contributed by atoms with E-state index in [4.69, 9.17) is 4.74 Å². The number of carbonyl (C=O) groups excluding carboxylic acids is 1. The van der Waals surface area contributed by atoms with Crippen molar-refractivity contribution in [3.05, 3.63) is 12.4 Å². The zero-order chi connectivity index (χ0) is 17.4. The smallest absolute Gasteiger partial charge is 0.222 e. The standard InChI is InChI=1S/C18H27N5O2/c1-21(2)15-8-16(20-13-19-15)23-11-18(12-23)6-5-14(10-25-18)9-22-7-3-4-17(22)24/h8,13-14H,3-7,9-12H2,1-2H3. The molecule has 1 amide bonds. The molecule has 1 unspecified atom stereocenters. The van der Waals surface area contributed by atoms with Gasteiger partial charge in [0.1, 0.15) is 23.6 Å². The van der Waals surface area contributed by atoms with E-state index in [1.54, 1.807) is 6.33 Å². The maximum atomic E-state index is 11.8.